The van der Waals surface area contributed by atoms with Gasteiger partial charge in [0.15, 0.2) is 5.75 Å². The number of rotatable bonds is 5. The Balaban J connectivity index is 0.978. The molecule has 0 unspecified atom stereocenters. The van der Waals surface area contributed by atoms with E-state index in [4.69, 9.17) is 16.3 Å². The van der Waals surface area contributed by atoms with Gasteiger partial charge in [-0.15, -0.1) is 0 Å². The van der Waals surface area contributed by atoms with Crippen LogP contribution in [0.4, 0.5) is 11.6 Å². The Bertz CT molecular complexity index is 1060. The van der Waals surface area contributed by atoms with Crippen LogP contribution in [-0.4, -0.2) is 71.3 Å². The third-order valence-electron chi connectivity index (χ3n) is 7.85. The number of halogens is 1. The summed E-state index contributed by atoms with van der Waals surface area (Å²) in [6, 6.07) is 5.66. The number of hydrogen-bond acceptors (Lipinski definition) is 7. The first-order chi connectivity index (χ1) is 15.9. The summed E-state index contributed by atoms with van der Waals surface area (Å²) in [5.74, 6) is 1.49. The molecular weight excluding hydrogens is 442 g/mol. The number of nitrogens with one attached hydrogen (secondary N) is 1. The molecule has 2 N–H and O–H groups in total. The van der Waals surface area contributed by atoms with Gasteiger partial charge < -0.3 is 20.1 Å². The van der Waals surface area contributed by atoms with Gasteiger partial charge in [0.2, 0.25) is 11.9 Å². The molecule has 3 fully saturated rings. The minimum absolute atomic E-state index is 0.0921. The zero-order chi connectivity index (χ0) is 22.6. The van der Waals surface area contributed by atoms with Crippen LogP contribution in [0.1, 0.15) is 31.2 Å². The van der Waals surface area contributed by atoms with Gasteiger partial charge in [-0.25, -0.2) is 9.97 Å². The Morgan fingerprint density at radius 1 is 1.18 bits per heavy atom. The van der Waals surface area contributed by atoms with Crippen LogP contribution < -0.4 is 15.0 Å². The highest BCUT2D eigenvalue weighted by atomic mass is 35.5. The van der Waals surface area contributed by atoms with E-state index in [0.29, 0.717) is 22.8 Å². The zero-order valence-electron chi connectivity index (χ0n) is 18.5. The van der Waals surface area contributed by atoms with Crippen molar-refractivity contribution in [1.82, 2.24) is 14.9 Å². The number of nitrogens with zero attached hydrogens (tertiary/aromatic N) is 4. The quantitative estimate of drug-likeness (QED) is 0.695. The van der Waals surface area contributed by atoms with Crippen molar-refractivity contribution in [2.24, 2.45) is 5.41 Å². The lowest BCUT2D eigenvalue weighted by Gasteiger charge is -2.57. The smallest absolute Gasteiger partial charge is 0.235 e. The number of carbonyl (C=O) groups excluding carboxylic acids is 1. The SMILES string of the molecule is O=C1Nc2ccc(Cl)cc2C12CCN(CCOc1cnc(N3CC4(CC(O)C4)C3)nc1)CC2. The topological polar surface area (TPSA) is 90.8 Å². The van der Waals surface area contributed by atoms with Crippen molar-refractivity contribution in [3.8, 4) is 5.75 Å². The Morgan fingerprint density at radius 3 is 2.61 bits per heavy atom. The monoisotopic (exact) mass is 469 g/mol. The predicted molar refractivity (Wildman–Crippen MR) is 125 cm³/mol. The molecule has 4 heterocycles. The lowest BCUT2D eigenvalue weighted by molar-refractivity contribution is -0.122. The van der Waals surface area contributed by atoms with Crippen molar-refractivity contribution in [2.45, 2.75) is 37.2 Å². The van der Waals surface area contributed by atoms with Crippen LogP contribution in [0.2, 0.25) is 5.02 Å². The summed E-state index contributed by atoms with van der Waals surface area (Å²) in [4.78, 5) is 26.2. The molecule has 33 heavy (non-hydrogen) atoms. The van der Waals surface area contributed by atoms with E-state index in [2.05, 4.69) is 25.1 Å². The minimum atomic E-state index is -0.464. The molecule has 1 aliphatic carbocycles. The van der Waals surface area contributed by atoms with E-state index in [1.54, 1.807) is 12.4 Å². The summed E-state index contributed by atoms with van der Waals surface area (Å²) >= 11 is 6.21. The fraction of sp³-hybridized carbons (Fsp3) is 0.542. The summed E-state index contributed by atoms with van der Waals surface area (Å²) in [7, 11) is 0. The first kappa shape index (κ1) is 21.1. The van der Waals surface area contributed by atoms with Crippen molar-refractivity contribution in [3.63, 3.8) is 0 Å². The standard InChI is InChI=1S/C24H28ClN5O3/c25-16-1-2-20-19(9-16)24(21(32)28-20)3-5-29(6-4-24)7-8-33-18-12-26-22(27-13-18)30-14-23(15-30)10-17(31)11-23/h1-2,9,12-13,17,31H,3-8,10-11,14-15H2,(H,28,32). The number of fused-ring (bicyclic) bond motifs is 2. The molecule has 1 amide bonds. The van der Waals surface area contributed by atoms with E-state index in [0.717, 1.165) is 75.6 Å². The van der Waals surface area contributed by atoms with Crippen molar-refractivity contribution < 1.29 is 14.6 Å². The molecule has 6 rings (SSSR count). The van der Waals surface area contributed by atoms with Crippen LogP contribution in [-0.2, 0) is 10.2 Å². The number of carbonyl (C=O) groups is 1. The molecule has 2 spiro atoms. The van der Waals surface area contributed by atoms with Gasteiger partial charge in [0.05, 0.1) is 23.9 Å². The molecule has 9 heteroatoms. The normalized spacial score (nSPS) is 23.2. The van der Waals surface area contributed by atoms with Gasteiger partial charge in [0.25, 0.3) is 0 Å². The van der Waals surface area contributed by atoms with Crippen molar-refractivity contribution in [2.75, 3.05) is 49.5 Å². The maximum atomic E-state index is 12.8. The number of aliphatic hydroxyl groups excluding tert-OH is 1. The first-order valence-corrected chi connectivity index (χ1v) is 12.0. The Morgan fingerprint density at radius 2 is 1.91 bits per heavy atom. The second-order valence-corrected chi connectivity index (χ2v) is 10.5. The molecular formula is C24H28ClN5O3. The van der Waals surface area contributed by atoms with E-state index in [1.165, 1.54) is 0 Å². The highest BCUT2D eigenvalue weighted by Crippen LogP contribution is 2.49. The predicted octanol–water partition coefficient (Wildman–Crippen LogP) is 2.46. The van der Waals surface area contributed by atoms with Gasteiger partial charge in [0, 0.05) is 35.8 Å². The molecule has 3 aliphatic heterocycles. The molecule has 2 saturated heterocycles. The molecule has 1 saturated carbocycles. The maximum absolute atomic E-state index is 12.8. The largest absolute Gasteiger partial charge is 0.489 e. The van der Waals surface area contributed by atoms with Gasteiger partial charge >= 0.3 is 0 Å². The summed E-state index contributed by atoms with van der Waals surface area (Å²) in [5, 5.41) is 13.2. The van der Waals surface area contributed by atoms with Crippen LogP contribution in [0.5, 0.6) is 5.75 Å². The third-order valence-corrected chi connectivity index (χ3v) is 8.09. The second kappa shape index (κ2) is 7.82. The number of anilines is 2. The maximum Gasteiger partial charge on any atom is 0.235 e. The van der Waals surface area contributed by atoms with E-state index < -0.39 is 5.41 Å². The summed E-state index contributed by atoms with van der Waals surface area (Å²) in [6.45, 7) is 4.87. The van der Waals surface area contributed by atoms with Crippen LogP contribution in [0.3, 0.4) is 0 Å². The van der Waals surface area contributed by atoms with Gasteiger partial charge in [-0.05, 0) is 62.5 Å². The molecule has 4 aliphatic rings. The zero-order valence-corrected chi connectivity index (χ0v) is 19.2. The summed E-state index contributed by atoms with van der Waals surface area (Å²) in [5.41, 5.74) is 1.75. The minimum Gasteiger partial charge on any atom is -0.489 e. The lowest BCUT2D eigenvalue weighted by atomic mass is 9.62. The number of ether oxygens (including phenoxy) is 1. The molecule has 8 nitrogen and oxygen atoms in total. The van der Waals surface area contributed by atoms with Gasteiger partial charge in [-0.2, -0.15) is 0 Å². The number of aliphatic hydroxyl groups is 1. The van der Waals surface area contributed by atoms with Crippen LogP contribution >= 0.6 is 11.6 Å². The van der Waals surface area contributed by atoms with E-state index in [-0.39, 0.29) is 12.0 Å². The van der Waals surface area contributed by atoms with Gasteiger partial charge in [-0.3, -0.25) is 9.69 Å². The fourth-order valence-electron chi connectivity index (χ4n) is 5.98. The second-order valence-electron chi connectivity index (χ2n) is 10.1. The van der Waals surface area contributed by atoms with Crippen LogP contribution in [0.25, 0.3) is 0 Å². The Kier molecular flexibility index (Phi) is 5.01. The molecule has 1 aromatic heterocycles. The van der Waals surface area contributed by atoms with Crippen molar-refractivity contribution in [3.05, 3.63) is 41.2 Å². The summed E-state index contributed by atoms with van der Waals surface area (Å²) in [6.07, 6.45) is 6.69. The van der Waals surface area contributed by atoms with Gasteiger partial charge in [0.1, 0.15) is 6.61 Å². The third kappa shape index (κ3) is 3.64. The van der Waals surface area contributed by atoms with Crippen molar-refractivity contribution >= 4 is 29.1 Å². The average Bonchev–Trinajstić information content (AvgIpc) is 3.02. The summed E-state index contributed by atoms with van der Waals surface area (Å²) < 4.78 is 5.88. The van der Waals surface area contributed by atoms with E-state index in [1.807, 2.05) is 18.2 Å². The lowest BCUT2D eigenvalue weighted by Crippen LogP contribution is -2.64. The van der Waals surface area contributed by atoms with E-state index in [9.17, 15) is 9.90 Å². The number of piperidine rings is 1. The van der Waals surface area contributed by atoms with Crippen LogP contribution in [0.15, 0.2) is 30.6 Å². The average molecular weight is 470 g/mol. The van der Waals surface area contributed by atoms with Crippen molar-refractivity contribution in [1.29, 1.82) is 0 Å². The number of hydrogen-bond donors (Lipinski definition) is 2. The molecule has 1 aromatic carbocycles. The van der Waals surface area contributed by atoms with Crippen LogP contribution in [0, 0.1) is 5.41 Å². The number of aromatic nitrogens is 2. The Hall–Kier alpha value is -2.42. The highest BCUT2D eigenvalue weighted by Gasteiger charge is 2.52. The number of likely N-dealkylation sites (tertiary alicyclic amines) is 1. The molecule has 0 atom stereocenters. The highest BCUT2D eigenvalue weighted by molar-refractivity contribution is 6.31. The fourth-order valence-corrected chi connectivity index (χ4v) is 6.16. The number of amides is 1. The molecule has 0 bridgehead atoms. The first-order valence-electron chi connectivity index (χ1n) is 11.7. The molecule has 0 radical (unpaired) electrons. The van der Waals surface area contributed by atoms with Gasteiger partial charge in [-0.1, -0.05) is 11.6 Å². The molecule has 174 valence electrons. The Labute approximate surface area is 197 Å². The van der Waals surface area contributed by atoms with E-state index >= 15 is 0 Å². The molecule has 2 aromatic rings. The number of benzene rings is 1.